The Kier molecular flexibility index (Phi) is 6.77. The van der Waals surface area contributed by atoms with E-state index in [1.165, 1.54) is 5.56 Å². The summed E-state index contributed by atoms with van der Waals surface area (Å²) in [5, 5.41) is 13.1. The zero-order chi connectivity index (χ0) is 15.8. The lowest BCUT2D eigenvalue weighted by Gasteiger charge is -2.14. The van der Waals surface area contributed by atoms with Gasteiger partial charge >= 0.3 is 5.97 Å². The molecule has 0 unspecified atom stereocenters. The second-order valence-electron chi connectivity index (χ2n) is 4.90. The fraction of sp³-hybridized carbons (Fsp3) is 0.235. The molecule has 3 nitrogen and oxygen atoms in total. The van der Waals surface area contributed by atoms with Crippen LogP contribution in [0.2, 0.25) is 5.02 Å². The van der Waals surface area contributed by atoms with Gasteiger partial charge in [-0.05, 0) is 23.3 Å². The van der Waals surface area contributed by atoms with Gasteiger partial charge in [0.2, 0.25) is 0 Å². The molecule has 0 fully saturated rings. The van der Waals surface area contributed by atoms with E-state index in [0.717, 1.165) is 11.3 Å². The number of carboxylic acid groups (broad SMARTS) is 1. The van der Waals surface area contributed by atoms with Gasteiger partial charge in [0.15, 0.2) is 0 Å². The molecule has 116 valence electrons. The highest BCUT2D eigenvalue weighted by Crippen LogP contribution is 2.14. The summed E-state index contributed by atoms with van der Waals surface area (Å²) < 4.78 is 0. The van der Waals surface area contributed by atoms with Gasteiger partial charge in [-0.25, -0.2) is 0 Å². The maximum Gasteiger partial charge on any atom is 0.321 e. The van der Waals surface area contributed by atoms with Gasteiger partial charge in [-0.15, -0.1) is 0 Å². The fourth-order valence-electron chi connectivity index (χ4n) is 1.93. The number of rotatable bonds is 8. The largest absolute Gasteiger partial charge is 0.480 e. The van der Waals surface area contributed by atoms with Crippen molar-refractivity contribution < 1.29 is 9.90 Å². The predicted octanol–water partition coefficient (Wildman–Crippen LogP) is 3.82. The molecule has 0 amide bonds. The molecule has 2 aromatic rings. The van der Waals surface area contributed by atoms with Crippen molar-refractivity contribution in [3.8, 4) is 0 Å². The summed E-state index contributed by atoms with van der Waals surface area (Å²) in [6.07, 6.45) is 0. The van der Waals surface area contributed by atoms with E-state index in [0.29, 0.717) is 17.3 Å². The Morgan fingerprint density at radius 1 is 1.09 bits per heavy atom. The first kappa shape index (κ1) is 16.9. The van der Waals surface area contributed by atoms with Gasteiger partial charge in [0.25, 0.3) is 0 Å². The summed E-state index contributed by atoms with van der Waals surface area (Å²) in [6.45, 7) is 0.514. The molecule has 0 bridgehead atoms. The number of hydrogen-bond acceptors (Lipinski definition) is 3. The van der Waals surface area contributed by atoms with E-state index in [1.807, 2.05) is 42.5 Å². The maximum atomic E-state index is 11.3. The number of aliphatic carboxylic acids is 1. The van der Waals surface area contributed by atoms with Crippen LogP contribution in [0.25, 0.3) is 0 Å². The first-order chi connectivity index (χ1) is 10.6. The minimum absolute atomic E-state index is 0.514. The Hall–Kier alpha value is -1.49. The molecular weight excluding hydrogens is 318 g/mol. The highest BCUT2D eigenvalue weighted by atomic mass is 35.5. The summed E-state index contributed by atoms with van der Waals surface area (Å²) in [7, 11) is 0. The van der Waals surface area contributed by atoms with E-state index < -0.39 is 12.0 Å². The number of thioether (sulfide) groups is 1. The van der Waals surface area contributed by atoms with Crippen LogP contribution in [-0.2, 0) is 17.1 Å². The maximum absolute atomic E-state index is 11.3. The standard InChI is InChI=1S/C17H18ClNO2S/c18-15-8-6-13(7-9-15)10-19-16(17(20)21)12-22-11-14-4-2-1-3-5-14/h1-9,16,19H,10-12H2,(H,20,21)/t16-/m0/s1. The fourth-order valence-corrected chi connectivity index (χ4v) is 3.10. The van der Waals surface area contributed by atoms with Crippen LogP contribution in [0.4, 0.5) is 0 Å². The Balaban J connectivity index is 1.79. The van der Waals surface area contributed by atoms with E-state index in [2.05, 4.69) is 5.32 Å². The smallest absolute Gasteiger partial charge is 0.321 e. The molecule has 1 atom stereocenters. The average molecular weight is 336 g/mol. The molecule has 0 saturated carbocycles. The van der Waals surface area contributed by atoms with Crippen molar-refractivity contribution in [3.63, 3.8) is 0 Å². The van der Waals surface area contributed by atoms with E-state index in [9.17, 15) is 9.90 Å². The van der Waals surface area contributed by atoms with Crippen LogP contribution in [0, 0.1) is 0 Å². The molecule has 5 heteroatoms. The minimum Gasteiger partial charge on any atom is -0.480 e. The average Bonchev–Trinajstić information content (AvgIpc) is 2.53. The van der Waals surface area contributed by atoms with Crippen molar-refractivity contribution in [2.75, 3.05) is 5.75 Å². The molecule has 22 heavy (non-hydrogen) atoms. The molecule has 0 aliphatic carbocycles. The van der Waals surface area contributed by atoms with Crippen molar-refractivity contribution in [2.24, 2.45) is 0 Å². The normalized spacial score (nSPS) is 12.0. The Bertz CT molecular complexity index is 589. The second-order valence-corrected chi connectivity index (χ2v) is 6.37. The zero-order valence-corrected chi connectivity index (χ0v) is 13.6. The molecule has 2 aromatic carbocycles. The first-order valence-electron chi connectivity index (χ1n) is 6.97. The first-order valence-corrected chi connectivity index (χ1v) is 8.51. The second kappa shape index (κ2) is 8.83. The lowest BCUT2D eigenvalue weighted by molar-refractivity contribution is -0.138. The molecular formula is C17H18ClNO2S. The lowest BCUT2D eigenvalue weighted by Crippen LogP contribution is -2.38. The van der Waals surface area contributed by atoms with Gasteiger partial charge in [0.1, 0.15) is 6.04 Å². The molecule has 0 heterocycles. The van der Waals surface area contributed by atoms with Gasteiger partial charge in [-0.3, -0.25) is 10.1 Å². The number of hydrogen-bond donors (Lipinski definition) is 2. The zero-order valence-electron chi connectivity index (χ0n) is 12.0. The number of carbonyl (C=O) groups is 1. The van der Waals surface area contributed by atoms with Crippen molar-refractivity contribution in [2.45, 2.75) is 18.3 Å². The summed E-state index contributed by atoms with van der Waals surface area (Å²) in [4.78, 5) is 11.3. The van der Waals surface area contributed by atoms with Crippen molar-refractivity contribution in [1.82, 2.24) is 5.32 Å². The highest BCUT2D eigenvalue weighted by Gasteiger charge is 2.16. The Labute approximate surface area is 139 Å². The lowest BCUT2D eigenvalue weighted by atomic mass is 10.2. The predicted molar refractivity (Wildman–Crippen MR) is 92.3 cm³/mol. The Morgan fingerprint density at radius 3 is 2.41 bits per heavy atom. The molecule has 0 aromatic heterocycles. The monoisotopic (exact) mass is 335 g/mol. The van der Waals surface area contributed by atoms with Gasteiger partial charge in [0, 0.05) is 23.1 Å². The number of benzene rings is 2. The van der Waals surface area contributed by atoms with E-state index >= 15 is 0 Å². The van der Waals surface area contributed by atoms with Gasteiger partial charge in [0.05, 0.1) is 0 Å². The quantitative estimate of drug-likeness (QED) is 0.770. The van der Waals surface area contributed by atoms with Crippen LogP contribution in [0.3, 0.4) is 0 Å². The van der Waals surface area contributed by atoms with E-state index in [1.54, 1.807) is 23.9 Å². The third kappa shape index (κ3) is 5.72. The topological polar surface area (TPSA) is 49.3 Å². The summed E-state index contributed by atoms with van der Waals surface area (Å²) in [6, 6.07) is 16.9. The van der Waals surface area contributed by atoms with Crippen LogP contribution >= 0.6 is 23.4 Å². The summed E-state index contributed by atoms with van der Waals surface area (Å²) in [5.41, 5.74) is 2.22. The van der Waals surface area contributed by atoms with Gasteiger partial charge in [-0.1, -0.05) is 54.1 Å². The number of carboxylic acids is 1. The van der Waals surface area contributed by atoms with Gasteiger partial charge in [-0.2, -0.15) is 11.8 Å². The highest BCUT2D eigenvalue weighted by molar-refractivity contribution is 7.98. The van der Waals surface area contributed by atoms with E-state index in [-0.39, 0.29) is 0 Å². The molecule has 0 aliphatic rings. The van der Waals surface area contributed by atoms with Crippen molar-refractivity contribution >= 4 is 29.3 Å². The van der Waals surface area contributed by atoms with Crippen molar-refractivity contribution in [3.05, 3.63) is 70.7 Å². The van der Waals surface area contributed by atoms with Gasteiger partial charge < -0.3 is 5.11 Å². The molecule has 2 N–H and O–H groups in total. The number of halogens is 1. The molecule has 0 radical (unpaired) electrons. The third-order valence-corrected chi connectivity index (χ3v) is 4.52. The van der Waals surface area contributed by atoms with Crippen LogP contribution < -0.4 is 5.32 Å². The van der Waals surface area contributed by atoms with Crippen LogP contribution in [0.5, 0.6) is 0 Å². The van der Waals surface area contributed by atoms with Crippen molar-refractivity contribution in [1.29, 1.82) is 0 Å². The molecule has 0 spiro atoms. The van der Waals surface area contributed by atoms with Crippen LogP contribution in [0.1, 0.15) is 11.1 Å². The van der Waals surface area contributed by atoms with Crippen LogP contribution in [0.15, 0.2) is 54.6 Å². The third-order valence-electron chi connectivity index (χ3n) is 3.16. The SMILES string of the molecule is O=C(O)[C@H](CSCc1ccccc1)NCc1ccc(Cl)cc1. The van der Waals surface area contributed by atoms with E-state index in [4.69, 9.17) is 11.6 Å². The molecule has 2 rings (SSSR count). The minimum atomic E-state index is -0.825. The Morgan fingerprint density at radius 2 is 1.77 bits per heavy atom. The molecule has 0 aliphatic heterocycles. The summed E-state index contributed by atoms with van der Waals surface area (Å²) in [5.74, 6) is 0.514. The number of nitrogens with one attached hydrogen (secondary N) is 1. The summed E-state index contributed by atoms with van der Waals surface area (Å²) >= 11 is 7.45. The van der Waals surface area contributed by atoms with Crippen LogP contribution in [-0.4, -0.2) is 22.9 Å². The molecule has 0 saturated heterocycles.